The maximum absolute atomic E-state index is 11.9. The molecule has 112 valence electrons. The molecule has 1 aliphatic rings. The van der Waals surface area contributed by atoms with Gasteiger partial charge in [0.2, 0.25) is 5.91 Å². The summed E-state index contributed by atoms with van der Waals surface area (Å²) in [6.45, 7) is 9.64. The predicted octanol–water partition coefficient (Wildman–Crippen LogP) is 0.588. The zero-order valence-electron chi connectivity index (χ0n) is 12.4. The Hall–Kier alpha value is -0.650. The Morgan fingerprint density at radius 1 is 1.37 bits per heavy atom. The average Bonchev–Trinajstić information content (AvgIpc) is 2.47. The van der Waals surface area contributed by atoms with Crippen molar-refractivity contribution in [2.24, 2.45) is 11.7 Å². The van der Waals surface area contributed by atoms with Gasteiger partial charge in [0.15, 0.2) is 0 Å². The molecule has 19 heavy (non-hydrogen) atoms. The van der Waals surface area contributed by atoms with Crippen LogP contribution in [-0.4, -0.2) is 56.2 Å². The summed E-state index contributed by atoms with van der Waals surface area (Å²) < 4.78 is 5.29. The smallest absolute Gasteiger partial charge is 0.237 e. The minimum atomic E-state index is -0.377. The Balaban J connectivity index is 2.15. The molecule has 0 aromatic carbocycles. The first-order valence-electron chi connectivity index (χ1n) is 7.52. The molecule has 0 aromatic heterocycles. The van der Waals surface area contributed by atoms with Gasteiger partial charge in [-0.3, -0.25) is 4.79 Å². The minimum Gasteiger partial charge on any atom is -0.381 e. The van der Waals surface area contributed by atoms with Crippen molar-refractivity contribution in [2.75, 3.05) is 39.4 Å². The van der Waals surface area contributed by atoms with Gasteiger partial charge in [-0.2, -0.15) is 0 Å². The van der Waals surface area contributed by atoms with E-state index in [-0.39, 0.29) is 17.9 Å². The second-order valence-electron chi connectivity index (χ2n) is 5.15. The minimum absolute atomic E-state index is 0.00792. The Labute approximate surface area is 116 Å². The SMILES string of the molecule is CCN(CC)CCCNC(=O)C(N)C1CCOCC1. The van der Waals surface area contributed by atoms with E-state index in [4.69, 9.17) is 10.5 Å². The van der Waals surface area contributed by atoms with Crippen molar-refractivity contribution in [3.8, 4) is 0 Å². The molecule has 1 fully saturated rings. The second kappa shape index (κ2) is 9.28. The Morgan fingerprint density at radius 2 is 2.00 bits per heavy atom. The van der Waals surface area contributed by atoms with Crippen LogP contribution < -0.4 is 11.1 Å². The number of nitrogens with zero attached hydrogens (tertiary/aromatic N) is 1. The van der Waals surface area contributed by atoms with E-state index >= 15 is 0 Å². The van der Waals surface area contributed by atoms with Crippen molar-refractivity contribution in [1.82, 2.24) is 10.2 Å². The first kappa shape index (κ1) is 16.4. The maximum Gasteiger partial charge on any atom is 0.237 e. The molecule has 0 saturated carbocycles. The van der Waals surface area contributed by atoms with E-state index in [9.17, 15) is 4.79 Å². The van der Waals surface area contributed by atoms with Crippen molar-refractivity contribution in [2.45, 2.75) is 39.2 Å². The molecule has 3 N–H and O–H groups in total. The zero-order chi connectivity index (χ0) is 14.1. The van der Waals surface area contributed by atoms with Crippen LogP contribution in [0.25, 0.3) is 0 Å². The van der Waals surface area contributed by atoms with Crippen LogP contribution in [-0.2, 0) is 9.53 Å². The quantitative estimate of drug-likeness (QED) is 0.634. The molecule has 0 aromatic rings. The first-order chi connectivity index (χ1) is 9.19. The highest BCUT2D eigenvalue weighted by Gasteiger charge is 2.26. The van der Waals surface area contributed by atoms with Gasteiger partial charge < -0.3 is 20.7 Å². The van der Waals surface area contributed by atoms with Crippen LogP contribution in [0, 0.1) is 5.92 Å². The van der Waals surface area contributed by atoms with Gasteiger partial charge in [-0.05, 0) is 44.8 Å². The lowest BCUT2D eigenvalue weighted by Gasteiger charge is -2.26. The first-order valence-corrected chi connectivity index (χ1v) is 7.52. The van der Waals surface area contributed by atoms with E-state index < -0.39 is 0 Å². The number of amides is 1. The highest BCUT2D eigenvalue weighted by atomic mass is 16.5. The van der Waals surface area contributed by atoms with Gasteiger partial charge >= 0.3 is 0 Å². The third-order valence-electron chi connectivity index (χ3n) is 3.92. The molecule has 0 radical (unpaired) electrons. The van der Waals surface area contributed by atoms with Gasteiger partial charge in [-0.25, -0.2) is 0 Å². The van der Waals surface area contributed by atoms with Crippen LogP contribution in [0.15, 0.2) is 0 Å². The highest BCUT2D eigenvalue weighted by Crippen LogP contribution is 2.17. The third-order valence-corrected chi connectivity index (χ3v) is 3.92. The molecule has 1 amide bonds. The molecule has 1 aliphatic heterocycles. The summed E-state index contributed by atoms with van der Waals surface area (Å²) in [4.78, 5) is 14.3. The lowest BCUT2D eigenvalue weighted by Crippen LogP contribution is -2.47. The Morgan fingerprint density at radius 3 is 2.58 bits per heavy atom. The zero-order valence-corrected chi connectivity index (χ0v) is 12.4. The standard InChI is InChI=1S/C14H29N3O2/c1-3-17(4-2)9-5-8-16-14(18)13(15)12-6-10-19-11-7-12/h12-13H,3-11,15H2,1-2H3,(H,16,18). The fourth-order valence-electron chi connectivity index (χ4n) is 2.46. The number of nitrogens with one attached hydrogen (secondary N) is 1. The lowest BCUT2D eigenvalue weighted by molar-refractivity contribution is -0.124. The number of carbonyl (C=O) groups is 1. The molecule has 1 rings (SSSR count). The van der Waals surface area contributed by atoms with Crippen LogP contribution in [0.2, 0.25) is 0 Å². The van der Waals surface area contributed by atoms with Gasteiger partial charge in [0.05, 0.1) is 6.04 Å². The number of ether oxygens (including phenoxy) is 1. The summed E-state index contributed by atoms with van der Waals surface area (Å²) in [6.07, 6.45) is 2.77. The van der Waals surface area contributed by atoms with Gasteiger partial charge in [0.1, 0.15) is 0 Å². The summed E-state index contributed by atoms with van der Waals surface area (Å²) in [5.41, 5.74) is 6.01. The maximum atomic E-state index is 11.9. The van der Waals surface area contributed by atoms with E-state index in [0.29, 0.717) is 6.54 Å². The fraction of sp³-hybridized carbons (Fsp3) is 0.929. The summed E-state index contributed by atoms with van der Waals surface area (Å²) in [6, 6.07) is -0.377. The summed E-state index contributed by atoms with van der Waals surface area (Å²) in [7, 11) is 0. The average molecular weight is 271 g/mol. The monoisotopic (exact) mass is 271 g/mol. The lowest BCUT2D eigenvalue weighted by atomic mass is 9.92. The predicted molar refractivity (Wildman–Crippen MR) is 76.9 cm³/mol. The van der Waals surface area contributed by atoms with Crippen LogP contribution >= 0.6 is 0 Å². The third kappa shape index (κ3) is 5.89. The molecule has 1 unspecified atom stereocenters. The van der Waals surface area contributed by atoms with Crippen LogP contribution in [0.4, 0.5) is 0 Å². The molecule has 0 spiro atoms. The number of hydrogen-bond donors (Lipinski definition) is 2. The van der Waals surface area contributed by atoms with Gasteiger partial charge in [-0.1, -0.05) is 13.8 Å². The molecule has 1 heterocycles. The van der Waals surface area contributed by atoms with E-state index in [1.807, 2.05) is 0 Å². The number of hydrogen-bond acceptors (Lipinski definition) is 4. The van der Waals surface area contributed by atoms with E-state index in [1.54, 1.807) is 0 Å². The number of nitrogens with two attached hydrogens (primary N) is 1. The molecule has 1 atom stereocenters. The molecule has 0 aliphatic carbocycles. The summed E-state index contributed by atoms with van der Waals surface area (Å²) in [5.74, 6) is 0.267. The largest absolute Gasteiger partial charge is 0.381 e. The van der Waals surface area contributed by atoms with E-state index in [1.165, 1.54) is 0 Å². The molecular weight excluding hydrogens is 242 g/mol. The molecule has 1 saturated heterocycles. The Bertz CT molecular complexity index is 251. The van der Waals surface area contributed by atoms with Gasteiger partial charge in [0, 0.05) is 19.8 Å². The number of rotatable bonds is 8. The van der Waals surface area contributed by atoms with Crippen molar-refractivity contribution in [3.05, 3.63) is 0 Å². The Kier molecular flexibility index (Phi) is 8.02. The van der Waals surface area contributed by atoms with E-state index in [2.05, 4.69) is 24.1 Å². The molecule has 5 nitrogen and oxygen atoms in total. The highest BCUT2D eigenvalue weighted by molar-refractivity contribution is 5.81. The summed E-state index contributed by atoms with van der Waals surface area (Å²) in [5, 5.41) is 2.95. The molecule has 0 bridgehead atoms. The van der Waals surface area contributed by atoms with Crippen LogP contribution in [0.3, 0.4) is 0 Å². The normalized spacial score (nSPS) is 18.5. The topological polar surface area (TPSA) is 67.6 Å². The van der Waals surface area contributed by atoms with Gasteiger partial charge in [0.25, 0.3) is 0 Å². The fourth-order valence-corrected chi connectivity index (χ4v) is 2.46. The van der Waals surface area contributed by atoms with Crippen molar-refractivity contribution in [1.29, 1.82) is 0 Å². The van der Waals surface area contributed by atoms with Crippen LogP contribution in [0.5, 0.6) is 0 Å². The van der Waals surface area contributed by atoms with Crippen molar-refractivity contribution >= 4 is 5.91 Å². The number of carbonyl (C=O) groups excluding carboxylic acids is 1. The van der Waals surface area contributed by atoms with Crippen molar-refractivity contribution < 1.29 is 9.53 Å². The molecular formula is C14H29N3O2. The summed E-state index contributed by atoms with van der Waals surface area (Å²) >= 11 is 0. The van der Waals surface area contributed by atoms with Crippen LogP contribution in [0.1, 0.15) is 33.1 Å². The van der Waals surface area contributed by atoms with Crippen molar-refractivity contribution in [3.63, 3.8) is 0 Å². The molecule has 5 heteroatoms. The van der Waals surface area contributed by atoms with Gasteiger partial charge in [-0.15, -0.1) is 0 Å². The van der Waals surface area contributed by atoms with E-state index in [0.717, 1.165) is 52.1 Å². The second-order valence-corrected chi connectivity index (χ2v) is 5.15.